The third kappa shape index (κ3) is 3.42. The zero-order chi connectivity index (χ0) is 19.9. The average Bonchev–Trinajstić information content (AvgIpc) is 2.59. The van der Waals surface area contributed by atoms with E-state index >= 15 is 0 Å². The standard InChI is InChI=1S/C17H14BrFN2O5S/c1-10(22)9-26-12-4-6-16-15(8-12)20(2)17(23)21(27(16,24)25)14-5-3-11(18)7-13(14)19/h3-8H,9H2,1-2H3. The largest absolute Gasteiger partial charge is 0.486 e. The van der Waals surface area contributed by atoms with E-state index in [0.717, 1.165) is 11.0 Å². The SMILES string of the molecule is CC(=O)COc1ccc2c(c1)N(C)C(=O)N(c1ccc(Br)cc1F)S2(=O)=O. The van der Waals surface area contributed by atoms with Crippen molar-refractivity contribution in [3.8, 4) is 5.75 Å². The van der Waals surface area contributed by atoms with Gasteiger partial charge < -0.3 is 4.74 Å². The second-order valence-corrected chi connectivity index (χ2v) is 8.50. The van der Waals surface area contributed by atoms with Crippen molar-refractivity contribution in [2.75, 3.05) is 22.9 Å². The third-order valence-electron chi connectivity index (χ3n) is 3.84. The van der Waals surface area contributed by atoms with Crippen molar-refractivity contribution in [3.63, 3.8) is 0 Å². The van der Waals surface area contributed by atoms with Gasteiger partial charge in [-0.3, -0.25) is 9.69 Å². The molecule has 0 N–H and O–H groups in total. The van der Waals surface area contributed by atoms with E-state index in [1.807, 2.05) is 0 Å². The first-order chi connectivity index (χ1) is 12.6. The van der Waals surface area contributed by atoms with Crippen LogP contribution in [0.15, 0.2) is 45.8 Å². The lowest BCUT2D eigenvalue weighted by Crippen LogP contribution is -2.49. The molecule has 0 saturated carbocycles. The maximum atomic E-state index is 14.3. The molecule has 7 nitrogen and oxygen atoms in total. The molecule has 142 valence electrons. The molecular weight excluding hydrogens is 443 g/mol. The predicted octanol–water partition coefficient (Wildman–Crippen LogP) is 3.32. The van der Waals surface area contributed by atoms with E-state index in [2.05, 4.69) is 15.9 Å². The number of halogens is 2. The molecule has 0 atom stereocenters. The van der Waals surface area contributed by atoms with E-state index in [4.69, 9.17) is 4.74 Å². The molecule has 2 aromatic carbocycles. The van der Waals surface area contributed by atoms with Crippen LogP contribution in [0.3, 0.4) is 0 Å². The van der Waals surface area contributed by atoms with E-state index < -0.39 is 21.9 Å². The van der Waals surface area contributed by atoms with Crippen molar-refractivity contribution >= 4 is 49.1 Å². The Hall–Kier alpha value is -2.46. The Morgan fingerprint density at radius 1 is 1.19 bits per heavy atom. The number of rotatable bonds is 4. The molecular formula is C17H14BrFN2O5S. The van der Waals surface area contributed by atoms with Gasteiger partial charge in [-0.15, -0.1) is 0 Å². The Balaban J connectivity index is 2.11. The minimum Gasteiger partial charge on any atom is -0.486 e. The van der Waals surface area contributed by atoms with Crippen molar-refractivity contribution in [1.29, 1.82) is 0 Å². The van der Waals surface area contributed by atoms with Crippen LogP contribution >= 0.6 is 15.9 Å². The van der Waals surface area contributed by atoms with Gasteiger partial charge >= 0.3 is 6.03 Å². The molecule has 2 amide bonds. The Kier molecular flexibility index (Phi) is 4.96. The number of amides is 2. The molecule has 2 aromatic rings. The number of fused-ring (bicyclic) bond motifs is 1. The number of benzene rings is 2. The lowest BCUT2D eigenvalue weighted by molar-refractivity contribution is -0.118. The summed E-state index contributed by atoms with van der Waals surface area (Å²) in [4.78, 5) is 24.7. The highest BCUT2D eigenvalue weighted by Crippen LogP contribution is 2.39. The number of anilines is 2. The van der Waals surface area contributed by atoms with Gasteiger partial charge in [0.05, 0.1) is 11.4 Å². The first-order valence-corrected chi connectivity index (χ1v) is 9.90. The summed E-state index contributed by atoms with van der Waals surface area (Å²) in [5.41, 5.74) is -0.299. The molecule has 1 heterocycles. The van der Waals surface area contributed by atoms with Crippen LogP contribution in [-0.2, 0) is 14.8 Å². The predicted molar refractivity (Wildman–Crippen MR) is 100 cm³/mol. The van der Waals surface area contributed by atoms with Crippen LogP contribution in [0.2, 0.25) is 0 Å². The summed E-state index contributed by atoms with van der Waals surface area (Å²) >= 11 is 3.09. The maximum Gasteiger partial charge on any atom is 0.343 e. The van der Waals surface area contributed by atoms with Crippen molar-refractivity contribution in [2.24, 2.45) is 0 Å². The van der Waals surface area contributed by atoms with Crippen molar-refractivity contribution in [1.82, 2.24) is 0 Å². The summed E-state index contributed by atoms with van der Waals surface area (Å²) in [5.74, 6) is -0.830. The summed E-state index contributed by atoms with van der Waals surface area (Å²) in [6, 6.07) is 6.77. The highest BCUT2D eigenvalue weighted by molar-refractivity contribution is 9.10. The van der Waals surface area contributed by atoms with E-state index in [0.29, 0.717) is 8.78 Å². The molecule has 10 heteroatoms. The molecule has 3 rings (SSSR count). The number of ether oxygens (including phenoxy) is 1. The summed E-state index contributed by atoms with van der Waals surface area (Å²) in [7, 11) is -2.97. The van der Waals surface area contributed by atoms with Gasteiger partial charge in [0.15, 0.2) is 5.78 Å². The van der Waals surface area contributed by atoms with Gasteiger partial charge in [0.2, 0.25) is 0 Å². The molecule has 0 aliphatic carbocycles. The van der Waals surface area contributed by atoms with Gasteiger partial charge in [0.1, 0.15) is 23.1 Å². The first-order valence-electron chi connectivity index (χ1n) is 7.67. The quantitative estimate of drug-likeness (QED) is 0.704. The maximum absolute atomic E-state index is 14.3. The number of carbonyl (C=O) groups excluding carboxylic acids is 2. The van der Waals surface area contributed by atoms with Gasteiger partial charge in [0, 0.05) is 17.6 Å². The van der Waals surface area contributed by atoms with E-state index in [-0.39, 0.29) is 34.4 Å². The van der Waals surface area contributed by atoms with Crippen LogP contribution < -0.4 is 13.9 Å². The molecule has 0 fully saturated rings. The number of nitrogens with zero attached hydrogens (tertiary/aromatic N) is 2. The Morgan fingerprint density at radius 3 is 2.52 bits per heavy atom. The second kappa shape index (κ2) is 6.93. The Bertz CT molecular complexity index is 1060. The van der Waals surface area contributed by atoms with Crippen molar-refractivity contribution in [2.45, 2.75) is 11.8 Å². The van der Waals surface area contributed by atoms with E-state index in [1.165, 1.54) is 44.3 Å². The van der Waals surface area contributed by atoms with Gasteiger partial charge in [0.25, 0.3) is 10.0 Å². The summed E-state index contributed by atoms with van der Waals surface area (Å²) < 4.78 is 46.4. The lowest BCUT2D eigenvalue weighted by atomic mass is 10.2. The van der Waals surface area contributed by atoms with E-state index in [9.17, 15) is 22.4 Å². The minimum atomic E-state index is -4.34. The van der Waals surface area contributed by atoms with Gasteiger partial charge in [-0.25, -0.2) is 17.6 Å². The topological polar surface area (TPSA) is 84.0 Å². The number of hydrogen-bond acceptors (Lipinski definition) is 5. The Labute approximate surface area is 163 Å². The molecule has 1 aliphatic heterocycles. The molecule has 0 bridgehead atoms. The highest BCUT2D eigenvalue weighted by atomic mass is 79.9. The molecule has 0 saturated heterocycles. The zero-order valence-electron chi connectivity index (χ0n) is 14.3. The molecule has 0 aromatic heterocycles. The number of Topliss-reactive ketones (excluding diaryl/α,β-unsaturated/α-hetero) is 1. The monoisotopic (exact) mass is 456 g/mol. The van der Waals surface area contributed by atoms with Crippen LogP contribution in [0, 0.1) is 5.82 Å². The second-order valence-electron chi connectivity index (χ2n) is 5.83. The minimum absolute atomic E-state index is 0.0785. The fourth-order valence-electron chi connectivity index (χ4n) is 2.57. The average molecular weight is 457 g/mol. The molecule has 0 spiro atoms. The molecule has 1 aliphatic rings. The fourth-order valence-corrected chi connectivity index (χ4v) is 4.54. The summed E-state index contributed by atoms with van der Waals surface area (Å²) in [6.45, 7) is 1.17. The number of ketones is 1. The molecule has 0 unspecified atom stereocenters. The highest BCUT2D eigenvalue weighted by Gasteiger charge is 2.42. The van der Waals surface area contributed by atoms with Crippen LogP contribution in [0.1, 0.15) is 6.92 Å². The fraction of sp³-hybridized carbons (Fsp3) is 0.176. The molecule has 0 radical (unpaired) electrons. The number of urea groups is 1. The normalized spacial score (nSPS) is 15.5. The Morgan fingerprint density at radius 2 is 1.89 bits per heavy atom. The van der Waals surface area contributed by atoms with E-state index in [1.54, 1.807) is 0 Å². The summed E-state index contributed by atoms with van der Waals surface area (Å²) in [6.07, 6.45) is 0. The van der Waals surface area contributed by atoms with Gasteiger partial charge in [-0.1, -0.05) is 15.9 Å². The smallest absolute Gasteiger partial charge is 0.343 e. The summed E-state index contributed by atoms with van der Waals surface area (Å²) in [5, 5.41) is 0. The zero-order valence-corrected chi connectivity index (χ0v) is 16.7. The van der Waals surface area contributed by atoms with Crippen molar-refractivity contribution in [3.05, 3.63) is 46.7 Å². The van der Waals surface area contributed by atoms with Crippen LogP contribution in [0.25, 0.3) is 0 Å². The van der Waals surface area contributed by atoms with Crippen LogP contribution in [0.5, 0.6) is 5.75 Å². The number of sulfonamides is 1. The van der Waals surface area contributed by atoms with Crippen LogP contribution in [0.4, 0.5) is 20.6 Å². The van der Waals surface area contributed by atoms with Crippen molar-refractivity contribution < 1.29 is 27.1 Å². The van der Waals surface area contributed by atoms with Gasteiger partial charge in [-0.2, -0.15) is 4.31 Å². The lowest BCUT2D eigenvalue weighted by Gasteiger charge is -2.34. The third-order valence-corrected chi connectivity index (χ3v) is 6.07. The number of carbonyl (C=O) groups is 2. The van der Waals surface area contributed by atoms with Gasteiger partial charge in [-0.05, 0) is 37.3 Å². The number of hydrogen-bond donors (Lipinski definition) is 0. The molecule has 27 heavy (non-hydrogen) atoms. The van der Waals surface area contributed by atoms with Crippen LogP contribution in [-0.4, -0.2) is 33.9 Å². The first kappa shape index (κ1) is 19.3.